The highest BCUT2D eigenvalue weighted by atomic mass is 32.2. The number of amides is 4. The largest absolute Gasteiger partial charge is 0.444 e. The van der Waals surface area contributed by atoms with E-state index in [-0.39, 0.29) is 24.7 Å². The van der Waals surface area contributed by atoms with Gasteiger partial charge >= 0.3 is 12.2 Å². The predicted molar refractivity (Wildman–Crippen MR) is 148 cm³/mol. The van der Waals surface area contributed by atoms with Crippen molar-refractivity contribution >= 4 is 34.1 Å². The average Bonchev–Trinajstić information content (AvgIpc) is 3.25. The van der Waals surface area contributed by atoms with Crippen molar-refractivity contribution in [1.82, 2.24) is 20.9 Å². The van der Waals surface area contributed by atoms with Crippen molar-refractivity contribution in [3.05, 3.63) is 0 Å². The molecule has 0 spiro atoms. The van der Waals surface area contributed by atoms with Gasteiger partial charge in [-0.15, -0.1) is 0 Å². The molecule has 2 aliphatic heterocycles. The molecule has 14 nitrogen and oxygen atoms in total. The highest BCUT2D eigenvalue weighted by Gasteiger charge is 2.41. The first-order chi connectivity index (χ1) is 18.9. The number of nitrogens with zero attached hydrogens (tertiary/aromatic N) is 1. The maximum Gasteiger partial charge on any atom is 0.410 e. The average molecular weight is 607 g/mol. The van der Waals surface area contributed by atoms with E-state index in [1.807, 2.05) is 20.8 Å². The maximum atomic E-state index is 13.3. The zero-order chi connectivity index (χ0) is 31.2. The van der Waals surface area contributed by atoms with Crippen LogP contribution < -0.4 is 16.0 Å². The Bertz CT molecular complexity index is 1050. The summed E-state index contributed by atoms with van der Waals surface area (Å²) in [5, 5.41) is 17.8. The molecular weight excluding hydrogens is 560 g/mol. The SMILES string of the molecule is CCC1(OC(=O)N[C@@H](CC(C)C)C(=O)N[C@@H](C[C@@H]2CCNC2=O)[C@@H](O)S(=O)(=O)O)CCN(C(=O)OC(C)(C)C)CC1. The number of hydrogen-bond acceptors (Lipinski definition) is 9. The van der Waals surface area contributed by atoms with Crippen LogP contribution in [0.4, 0.5) is 9.59 Å². The van der Waals surface area contributed by atoms with Gasteiger partial charge in [0.15, 0.2) is 0 Å². The van der Waals surface area contributed by atoms with E-state index in [1.165, 1.54) is 0 Å². The molecular formula is C26H46N4O10S. The molecule has 2 rings (SSSR count). The Hall–Kier alpha value is -2.65. The summed E-state index contributed by atoms with van der Waals surface area (Å²) in [4.78, 5) is 52.3. The van der Waals surface area contributed by atoms with Crippen LogP contribution in [0.5, 0.6) is 0 Å². The Morgan fingerprint density at radius 2 is 1.78 bits per heavy atom. The lowest BCUT2D eigenvalue weighted by molar-refractivity contribution is -0.126. The molecule has 0 aromatic heterocycles. The number of ether oxygens (including phenoxy) is 2. The maximum absolute atomic E-state index is 13.3. The summed E-state index contributed by atoms with van der Waals surface area (Å²) in [6.45, 7) is 11.8. The van der Waals surface area contributed by atoms with E-state index >= 15 is 0 Å². The molecule has 2 heterocycles. The number of carbonyl (C=O) groups excluding carboxylic acids is 4. The minimum absolute atomic E-state index is 0.0752. The third kappa shape index (κ3) is 10.6. The van der Waals surface area contributed by atoms with E-state index in [9.17, 15) is 37.3 Å². The lowest BCUT2D eigenvalue weighted by Gasteiger charge is -2.41. The van der Waals surface area contributed by atoms with Crippen LogP contribution in [-0.4, -0.2) is 95.3 Å². The van der Waals surface area contributed by atoms with Crippen LogP contribution in [0, 0.1) is 11.8 Å². The molecule has 0 saturated carbocycles. The first-order valence-corrected chi connectivity index (χ1v) is 15.6. The van der Waals surface area contributed by atoms with Gasteiger partial charge in [0.2, 0.25) is 17.3 Å². The molecule has 5 N–H and O–H groups in total. The summed E-state index contributed by atoms with van der Waals surface area (Å²) in [6.07, 6.45) is 0.184. The number of aliphatic hydroxyl groups is 1. The third-order valence-corrected chi connectivity index (χ3v) is 8.21. The van der Waals surface area contributed by atoms with Crippen molar-refractivity contribution < 1.29 is 46.7 Å². The number of nitrogens with one attached hydrogen (secondary N) is 3. The quantitative estimate of drug-likeness (QED) is 0.215. The van der Waals surface area contributed by atoms with Crippen LogP contribution in [-0.2, 0) is 29.2 Å². The van der Waals surface area contributed by atoms with Gasteiger partial charge in [-0.1, -0.05) is 20.8 Å². The molecule has 15 heteroatoms. The Balaban J connectivity index is 2.10. The van der Waals surface area contributed by atoms with E-state index in [4.69, 9.17) is 9.47 Å². The molecule has 2 saturated heterocycles. The number of piperidine rings is 1. The second-order valence-corrected chi connectivity index (χ2v) is 13.8. The van der Waals surface area contributed by atoms with Crippen LogP contribution >= 0.6 is 0 Å². The Morgan fingerprint density at radius 1 is 1.17 bits per heavy atom. The van der Waals surface area contributed by atoms with Gasteiger partial charge in [-0.05, 0) is 52.4 Å². The first kappa shape index (κ1) is 34.6. The molecule has 4 atom stereocenters. The third-order valence-electron chi connectivity index (χ3n) is 7.27. The number of alkyl carbamates (subject to hydrolysis) is 1. The molecule has 0 aromatic rings. The van der Waals surface area contributed by atoms with Gasteiger partial charge in [0, 0.05) is 38.4 Å². The van der Waals surface area contributed by atoms with Crippen LogP contribution in [0.3, 0.4) is 0 Å². The van der Waals surface area contributed by atoms with E-state index in [1.54, 1.807) is 25.7 Å². The number of aliphatic hydroxyl groups excluding tert-OH is 1. The number of rotatable bonds is 11. The van der Waals surface area contributed by atoms with Crippen molar-refractivity contribution in [2.75, 3.05) is 19.6 Å². The molecule has 4 amide bonds. The van der Waals surface area contributed by atoms with Crippen molar-refractivity contribution in [2.24, 2.45) is 11.8 Å². The number of hydrogen-bond donors (Lipinski definition) is 5. The van der Waals surface area contributed by atoms with E-state index in [0.717, 1.165) is 0 Å². The Kier molecular flexibility index (Phi) is 11.8. The summed E-state index contributed by atoms with van der Waals surface area (Å²) in [7, 11) is -4.97. The highest BCUT2D eigenvalue weighted by Crippen LogP contribution is 2.31. The second kappa shape index (κ2) is 14.0. The standard InChI is InChI=1S/C26H46N4O10S/c1-7-26(9-12-30(13-10-26)24(35)40-25(4,5)6)39-23(34)29-18(14-16(2)3)21(32)28-19(22(33)41(36,37)38)15-17-8-11-27-20(17)31/h16-19,22,33H,7-15H2,1-6H3,(H,27,31)(H,28,32)(H,29,34)(H,36,37,38)/t17-,18-,19-,22-/m0/s1. The first-order valence-electron chi connectivity index (χ1n) is 14.1. The van der Waals surface area contributed by atoms with Crippen LogP contribution in [0.1, 0.15) is 80.1 Å². The molecule has 0 bridgehead atoms. The fraction of sp³-hybridized carbons (Fsp3) is 0.846. The summed E-state index contributed by atoms with van der Waals surface area (Å²) in [5.74, 6) is -1.90. The normalized spacial score (nSPS) is 21.4. The summed E-state index contributed by atoms with van der Waals surface area (Å²) in [5.41, 5.74) is -3.88. The molecule has 0 aliphatic carbocycles. The smallest absolute Gasteiger partial charge is 0.410 e. The predicted octanol–water partition coefficient (Wildman–Crippen LogP) is 1.52. The van der Waals surface area contributed by atoms with Gasteiger partial charge in [-0.2, -0.15) is 8.42 Å². The molecule has 0 aromatic carbocycles. The number of carbonyl (C=O) groups is 4. The van der Waals surface area contributed by atoms with Gasteiger partial charge in [0.1, 0.15) is 17.2 Å². The summed E-state index contributed by atoms with van der Waals surface area (Å²) >= 11 is 0. The van der Waals surface area contributed by atoms with Gasteiger partial charge in [-0.3, -0.25) is 14.1 Å². The van der Waals surface area contributed by atoms with Crippen LogP contribution in [0.15, 0.2) is 0 Å². The molecule has 2 aliphatic rings. The van der Waals surface area contributed by atoms with Crippen molar-refractivity contribution in [2.45, 2.75) is 109 Å². The zero-order valence-electron chi connectivity index (χ0n) is 24.8. The van der Waals surface area contributed by atoms with Gasteiger partial charge in [-0.25, -0.2) is 9.59 Å². The summed E-state index contributed by atoms with van der Waals surface area (Å²) < 4.78 is 44.0. The van der Waals surface area contributed by atoms with Crippen LogP contribution in [0.2, 0.25) is 0 Å². The minimum atomic E-state index is -4.97. The molecule has 0 unspecified atom stereocenters. The van der Waals surface area contributed by atoms with Crippen molar-refractivity contribution in [3.63, 3.8) is 0 Å². The van der Waals surface area contributed by atoms with E-state index < -0.39 is 62.9 Å². The van der Waals surface area contributed by atoms with Gasteiger partial charge in [0.05, 0.1) is 6.04 Å². The van der Waals surface area contributed by atoms with E-state index in [2.05, 4.69) is 16.0 Å². The zero-order valence-corrected chi connectivity index (χ0v) is 25.6. The molecule has 41 heavy (non-hydrogen) atoms. The minimum Gasteiger partial charge on any atom is -0.444 e. The lowest BCUT2D eigenvalue weighted by Crippen LogP contribution is -2.56. The van der Waals surface area contributed by atoms with Gasteiger partial charge in [0.25, 0.3) is 10.1 Å². The molecule has 236 valence electrons. The van der Waals surface area contributed by atoms with Crippen molar-refractivity contribution in [3.8, 4) is 0 Å². The van der Waals surface area contributed by atoms with Gasteiger partial charge < -0.3 is 35.4 Å². The lowest BCUT2D eigenvalue weighted by atomic mass is 9.89. The molecule has 2 fully saturated rings. The van der Waals surface area contributed by atoms with Crippen LogP contribution in [0.25, 0.3) is 0 Å². The monoisotopic (exact) mass is 606 g/mol. The topological polar surface area (TPSA) is 201 Å². The van der Waals surface area contributed by atoms with Crippen molar-refractivity contribution in [1.29, 1.82) is 0 Å². The fourth-order valence-electron chi connectivity index (χ4n) is 4.94. The highest BCUT2D eigenvalue weighted by molar-refractivity contribution is 7.86. The second-order valence-electron chi connectivity index (χ2n) is 12.3. The molecule has 0 radical (unpaired) electrons. The Morgan fingerprint density at radius 3 is 2.24 bits per heavy atom. The fourth-order valence-corrected chi connectivity index (χ4v) is 5.53. The Labute approximate surface area is 242 Å². The number of likely N-dealkylation sites (tertiary alicyclic amines) is 1. The van der Waals surface area contributed by atoms with E-state index in [0.29, 0.717) is 45.3 Å². The summed E-state index contributed by atoms with van der Waals surface area (Å²) in [6, 6.07) is -2.66.